The molecule has 0 spiro atoms. The number of hydrogen-bond acceptors (Lipinski definition) is 3. The molecule has 54 valence electrons. The van der Waals surface area contributed by atoms with Crippen molar-refractivity contribution >= 4 is 18.4 Å². The van der Waals surface area contributed by atoms with Gasteiger partial charge in [0.25, 0.3) is 0 Å². The Hall–Kier alpha value is -0.700. The van der Waals surface area contributed by atoms with Crippen molar-refractivity contribution in [1.29, 1.82) is 0 Å². The number of Topliss-reactive ketones (excluding diaryl/α,β-unsaturated/α-hetero) is 1. The fraction of sp³-hybridized carbons (Fsp3) is 0.286. The molecule has 1 rings (SSSR count). The van der Waals surface area contributed by atoms with Crippen LogP contribution >= 0.6 is 12.6 Å². The average molecular weight is 156 g/mol. The Balaban J connectivity index is 2.85. The van der Waals surface area contributed by atoms with E-state index >= 15 is 0 Å². The van der Waals surface area contributed by atoms with Gasteiger partial charge in [-0.15, -0.1) is 0 Å². The first-order chi connectivity index (χ1) is 4.74. The standard InChI is InChI=1S/C7H8O2S/c1-5-2-3-7(9-5)6(8)4-10/h2-3,10H,4H2,1H3. The van der Waals surface area contributed by atoms with Crippen molar-refractivity contribution in [2.24, 2.45) is 0 Å². The third-order valence-corrected chi connectivity index (χ3v) is 1.45. The fourth-order valence-corrected chi connectivity index (χ4v) is 0.818. The predicted octanol–water partition coefficient (Wildman–Crippen LogP) is 1.70. The molecule has 1 aromatic heterocycles. The number of carbonyl (C=O) groups excluding carboxylic acids is 1. The molecule has 1 aromatic rings. The minimum Gasteiger partial charge on any atom is -0.458 e. The Morgan fingerprint density at radius 1 is 1.70 bits per heavy atom. The van der Waals surface area contributed by atoms with Crippen LogP contribution in [0.1, 0.15) is 16.3 Å². The zero-order valence-corrected chi connectivity index (χ0v) is 6.52. The summed E-state index contributed by atoms with van der Waals surface area (Å²) in [5.74, 6) is 1.28. The summed E-state index contributed by atoms with van der Waals surface area (Å²) in [4.78, 5) is 10.9. The number of aryl methyl sites for hydroxylation is 1. The van der Waals surface area contributed by atoms with Crippen molar-refractivity contribution in [3.63, 3.8) is 0 Å². The molecule has 0 saturated heterocycles. The van der Waals surface area contributed by atoms with Crippen LogP contribution in [0.2, 0.25) is 0 Å². The lowest BCUT2D eigenvalue weighted by Gasteiger charge is -1.87. The minimum atomic E-state index is -0.0727. The van der Waals surface area contributed by atoms with Crippen LogP contribution in [0, 0.1) is 6.92 Å². The Labute approximate surface area is 64.6 Å². The third kappa shape index (κ3) is 1.42. The number of thiol groups is 1. The van der Waals surface area contributed by atoms with Crippen molar-refractivity contribution < 1.29 is 9.21 Å². The van der Waals surface area contributed by atoms with E-state index < -0.39 is 0 Å². The highest BCUT2D eigenvalue weighted by Crippen LogP contribution is 2.07. The molecule has 0 amide bonds. The van der Waals surface area contributed by atoms with Crippen molar-refractivity contribution in [1.82, 2.24) is 0 Å². The van der Waals surface area contributed by atoms with E-state index in [9.17, 15) is 4.79 Å². The van der Waals surface area contributed by atoms with E-state index in [4.69, 9.17) is 4.42 Å². The molecule has 0 fully saturated rings. The van der Waals surface area contributed by atoms with Gasteiger partial charge in [0.2, 0.25) is 5.78 Å². The zero-order valence-electron chi connectivity index (χ0n) is 5.63. The highest BCUT2D eigenvalue weighted by Gasteiger charge is 2.06. The van der Waals surface area contributed by atoms with E-state index in [1.807, 2.05) is 0 Å². The van der Waals surface area contributed by atoms with Gasteiger partial charge in [-0.2, -0.15) is 12.6 Å². The maximum absolute atomic E-state index is 10.9. The summed E-state index contributed by atoms with van der Waals surface area (Å²) < 4.78 is 5.04. The zero-order chi connectivity index (χ0) is 7.56. The van der Waals surface area contributed by atoms with Crippen molar-refractivity contribution in [2.75, 3.05) is 5.75 Å². The molecular formula is C7H8O2S. The second-order valence-corrected chi connectivity index (χ2v) is 2.31. The van der Waals surface area contributed by atoms with Crippen molar-refractivity contribution in [3.05, 3.63) is 23.7 Å². The van der Waals surface area contributed by atoms with E-state index in [0.29, 0.717) is 5.76 Å². The normalized spacial score (nSPS) is 9.80. The van der Waals surface area contributed by atoms with Gasteiger partial charge in [-0.25, -0.2) is 0 Å². The lowest BCUT2D eigenvalue weighted by Crippen LogP contribution is -1.96. The largest absolute Gasteiger partial charge is 0.458 e. The Bertz CT molecular complexity index is 240. The summed E-state index contributed by atoms with van der Waals surface area (Å²) in [5, 5.41) is 0. The molecule has 0 aliphatic carbocycles. The molecule has 0 aromatic carbocycles. The number of ketones is 1. The van der Waals surface area contributed by atoms with Gasteiger partial charge >= 0.3 is 0 Å². The fourth-order valence-electron chi connectivity index (χ4n) is 0.662. The first kappa shape index (κ1) is 7.41. The molecule has 0 saturated carbocycles. The molecule has 10 heavy (non-hydrogen) atoms. The van der Waals surface area contributed by atoms with Gasteiger partial charge in [0.15, 0.2) is 5.76 Å². The second kappa shape index (κ2) is 2.92. The number of furan rings is 1. The molecule has 0 aliphatic rings. The van der Waals surface area contributed by atoms with Crippen molar-refractivity contribution in [3.8, 4) is 0 Å². The van der Waals surface area contributed by atoms with Crippen LogP contribution in [-0.4, -0.2) is 11.5 Å². The summed E-state index contributed by atoms with van der Waals surface area (Å²) >= 11 is 3.83. The van der Waals surface area contributed by atoms with Crippen LogP contribution in [0.25, 0.3) is 0 Å². The maximum Gasteiger partial charge on any atom is 0.207 e. The number of carbonyl (C=O) groups is 1. The summed E-state index contributed by atoms with van der Waals surface area (Å²) in [7, 11) is 0. The minimum absolute atomic E-state index is 0.0727. The number of rotatable bonds is 2. The van der Waals surface area contributed by atoms with E-state index in [-0.39, 0.29) is 11.5 Å². The SMILES string of the molecule is Cc1ccc(C(=O)CS)o1. The molecular weight excluding hydrogens is 148 g/mol. The predicted molar refractivity (Wildman–Crippen MR) is 41.6 cm³/mol. The van der Waals surface area contributed by atoms with Gasteiger partial charge in [-0.05, 0) is 19.1 Å². The Morgan fingerprint density at radius 2 is 2.40 bits per heavy atom. The van der Waals surface area contributed by atoms with Gasteiger partial charge in [0, 0.05) is 0 Å². The quantitative estimate of drug-likeness (QED) is 0.521. The molecule has 0 radical (unpaired) electrons. The first-order valence-corrected chi connectivity index (χ1v) is 3.58. The number of hydrogen-bond donors (Lipinski definition) is 1. The molecule has 0 unspecified atom stereocenters. The van der Waals surface area contributed by atoms with E-state index in [1.165, 1.54) is 0 Å². The smallest absolute Gasteiger partial charge is 0.207 e. The molecule has 3 heteroatoms. The van der Waals surface area contributed by atoms with E-state index in [1.54, 1.807) is 19.1 Å². The summed E-state index contributed by atoms with van der Waals surface area (Å²) in [6, 6.07) is 3.42. The molecule has 0 N–H and O–H groups in total. The van der Waals surface area contributed by atoms with Crippen LogP contribution in [0.15, 0.2) is 16.5 Å². The van der Waals surface area contributed by atoms with E-state index in [0.717, 1.165) is 5.76 Å². The van der Waals surface area contributed by atoms with Crippen LogP contribution in [0.3, 0.4) is 0 Å². The third-order valence-electron chi connectivity index (χ3n) is 1.16. The van der Waals surface area contributed by atoms with Gasteiger partial charge in [0.05, 0.1) is 5.75 Å². The molecule has 2 nitrogen and oxygen atoms in total. The van der Waals surface area contributed by atoms with Gasteiger partial charge in [-0.1, -0.05) is 0 Å². The first-order valence-electron chi connectivity index (χ1n) is 2.94. The van der Waals surface area contributed by atoms with Crippen LogP contribution < -0.4 is 0 Å². The van der Waals surface area contributed by atoms with Crippen molar-refractivity contribution in [2.45, 2.75) is 6.92 Å². The second-order valence-electron chi connectivity index (χ2n) is 1.99. The van der Waals surface area contributed by atoms with Crippen LogP contribution in [0.4, 0.5) is 0 Å². The van der Waals surface area contributed by atoms with Gasteiger partial charge in [-0.3, -0.25) is 4.79 Å². The maximum atomic E-state index is 10.9. The molecule has 0 bridgehead atoms. The van der Waals surface area contributed by atoms with Crippen LogP contribution in [0.5, 0.6) is 0 Å². The highest BCUT2D eigenvalue weighted by atomic mass is 32.1. The molecule has 0 aliphatic heterocycles. The lowest BCUT2D eigenvalue weighted by molar-refractivity contribution is 0.0991. The summed E-state index contributed by atoms with van der Waals surface area (Å²) in [5.41, 5.74) is 0. The van der Waals surface area contributed by atoms with Crippen LogP contribution in [-0.2, 0) is 0 Å². The monoisotopic (exact) mass is 156 g/mol. The van der Waals surface area contributed by atoms with E-state index in [2.05, 4.69) is 12.6 Å². The highest BCUT2D eigenvalue weighted by molar-refractivity contribution is 7.81. The molecule has 1 heterocycles. The average Bonchev–Trinajstić information content (AvgIpc) is 2.34. The Kier molecular flexibility index (Phi) is 2.17. The summed E-state index contributed by atoms with van der Waals surface area (Å²) in [6.07, 6.45) is 0. The topological polar surface area (TPSA) is 30.2 Å². The Morgan fingerprint density at radius 3 is 2.80 bits per heavy atom. The van der Waals surface area contributed by atoms with Gasteiger partial charge < -0.3 is 4.42 Å². The summed E-state index contributed by atoms with van der Waals surface area (Å²) in [6.45, 7) is 1.80. The van der Waals surface area contributed by atoms with Gasteiger partial charge in [0.1, 0.15) is 5.76 Å². The molecule has 0 atom stereocenters. The lowest BCUT2D eigenvalue weighted by atomic mass is 10.3.